The molecule has 1 aromatic rings. The predicted molar refractivity (Wildman–Crippen MR) is 61.2 cm³/mol. The van der Waals surface area contributed by atoms with Crippen molar-refractivity contribution < 1.29 is 19.0 Å². The van der Waals surface area contributed by atoms with E-state index in [1.807, 2.05) is 0 Å². The first-order valence-corrected chi connectivity index (χ1v) is 5.45. The molecule has 0 bridgehead atoms. The number of aliphatic hydroxyl groups excluding tert-OH is 1. The molecule has 1 atom stereocenters. The van der Waals surface area contributed by atoms with Crippen molar-refractivity contribution in [3.05, 3.63) is 30.1 Å². The van der Waals surface area contributed by atoms with Crippen LogP contribution in [0.4, 0.5) is 4.39 Å². The minimum absolute atomic E-state index is 0.0167. The largest absolute Gasteiger partial charge is 0.478 e. The fraction of sp³-hybridized carbons (Fsp3) is 0.417. The molecule has 1 rings (SSSR count). The van der Waals surface area contributed by atoms with E-state index in [0.717, 1.165) is 0 Å². The van der Waals surface area contributed by atoms with E-state index in [1.165, 1.54) is 12.1 Å². The van der Waals surface area contributed by atoms with Crippen molar-refractivity contribution in [1.82, 2.24) is 5.32 Å². The van der Waals surface area contributed by atoms with Crippen LogP contribution in [0.5, 0.6) is 5.75 Å². The third-order valence-electron chi connectivity index (χ3n) is 2.14. The quantitative estimate of drug-likeness (QED) is 0.733. The van der Waals surface area contributed by atoms with Gasteiger partial charge in [-0.15, -0.1) is 0 Å². The van der Waals surface area contributed by atoms with Gasteiger partial charge in [0.25, 0.3) is 5.91 Å². The van der Waals surface area contributed by atoms with Crippen LogP contribution in [0.1, 0.15) is 13.3 Å². The Morgan fingerprint density at radius 2 is 2.24 bits per heavy atom. The maximum Gasteiger partial charge on any atom is 0.260 e. The molecule has 94 valence electrons. The molecule has 0 saturated carbocycles. The molecule has 1 unspecified atom stereocenters. The van der Waals surface area contributed by atoms with E-state index < -0.39 is 11.9 Å². The molecule has 4 nitrogen and oxygen atoms in total. The number of hydrogen-bond acceptors (Lipinski definition) is 3. The Kier molecular flexibility index (Phi) is 5.42. The zero-order valence-corrected chi connectivity index (χ0v) is 9.65. The minimum atomic E-state index is -0.773. The van der Waals surface area contributed by atoms with Crippen LogP contribution in [-0.4, -0.2) is 30.3 Å². The van der Waals surface area contributed by atoms with Crippen molar-refractivity contribution >= 4 is 5.91 Å². The van der Waals surface area contributed by atoms with E-state index in [9.17, 15) is 9.18 Å². The molecule has 0 aromatic heterocycles. The molecule has 17 heavy (non-hydrogen) atoms. The summed E-state index contributed by atoms with van der Waals surface area (Å²) in [5.41, 5.74) is 0. The van der Waals surface area contributed by atoms with Crippen molar-refractivity contribution in [2.45, 2.75) is 19.4 Å². The van der Waals surface area contributed by atoms with Gasteiger partial charge in [-0.1, -0.05) is 12.1 Å². The molecule has 0 aliphatic heterocycles. The summed E-state index contributed by atoms with van der Waals surface area (Å²) in [6, 6.07) is 5.92. The highest BCUT2D eigenvalue weighted by molar-refractivity contribution is 5.80. The van der Waals surface area contributed by atoms with Gasteiger partial charge >= 0.3 is 0 Å². The Bertz CT molecular complexity index is 371. The first kappa shape index (κ1) is 13.4. The van der Waals surface area contributed by atoms with Gasteiger partial charge in [0, 0.05) is 13.2 Å². The smallest absolute Gasteiger partial charge is 0.260 e. The number of nitrogens with one attached hydrogen (secondary N) is 1. The number of para-hydroxylation sites is 1. The van der Waals surface area contributed by atoms with Gasteiger partial charge in [-0.25, -0.2) is 4.39 Å². The second-order valence-electron chi connectivity index (χ2n) is 3.56. The van der Waals surface area contributed by atoms with Gasteiger partial charge in [0.05, 0.1) is 0 Å². The number of amides is 1. The summed E-state index contributed by atoms with van der Waals surface area (Å²) >= 11 is 0. The minimum Gasteiger partial charge on any atom is -0.478 e. The Balaban J connectivity index is 2.46. The van der Waals surface area contributed by atoms with Crippen LogP contribution in [0.3, 0.4) is 0 Å². The Morgan fingerprint density at radius 3 is 2.88 bits per heavy atom. The van der Waals surface area contributed by atoms with E-state index >= 15 is 0 Å². The normalized spacial score (nSPS) is 11.9. The van der Waals surface area contributed by atoms with Gasteiger partial charge in [0.15, 0.2) is 17.7 Å². The molecule has 1 amide bonds. The van der Waals surface area contributed by atoms with Crippen molar-refractivity contribution in [2.75, 3.05) is 13.2 Å². The average molecular weight is 241 g/mol. The summed E-state index contributed by atoms with van der Waals surface area (Å²) in [6.45, 7) is 1.93. The van der Waals surface area contributed by atoms with E-state index in [2.05, 4.69) is 5.32 Å². The standard InChI is InChI=1S/C12H16FNO3/c1-9(12(16)14-7-4-8-15)17-11-6-3-2-5-10(11)13/h2-3,5-6,9,15H,4,7-8H2,1H3,(H,14,16). The number of carbonyl (C=O) groups is 1. The molecular weight excluding hydrogens is 225 g/mol. The van der Waals surface area contributed by atoms with E-state index in [-0.39, 0.29) is 18.3 Å². The van der Waals surface area contributed by atoms with Crippen molar-refractivity contribution in [2.24, 2.45) is 0 Å². The zero-order valence-electron chi connectivity index (χ0n) is 9.65. The molecule has 0 fully saturated rings. The maximum absolute atomic E-state index is 13.2. The van der Waals surface area contributed by atoms with Gasteiger partial charge in [-0.2, -0.15) is 0 Å². The first-order chi connectivity index (χ1) is 8.15. The molecule has 2 N–H and O–H groups in total. The number of benzene rings is 1. The van der Waals surface area contributed by atoms with Crippen molar-refractivity contribution in [3.63, 3.8) is 0 Å². The van der Waals surface area contributed by atoms with Gasteiger partial charge in [0.2, 0.25) is 0 Å². The highest BCUT2D eigenvalue weighted by Gasteiger charge is 2.15. The Morgan fingerprint density at radius 1 is 1.53 bits per heavy atom. The van der Waals surface area contributed by atoms with Crippen LogP contribution in [0, 0.1) is 5.82 Å². The summed E-state index contributed by atoms with van der Waals surface area (Å²) in [4.78, 5) is 11.5. The topological polar surface area (TPSA) is 58.6 Å². The molecule has 0 spiro atoms. The lowest BCUT2D eigenvalue weighted by atomic mass is 10.3. The second kappa shape index (κ2) is 6.85. The van der Waals surface area contributed by atoms with Crippen molar-refractivity contribution in [1.29, 1.82) is 0 Å². The summed E-state index contributed by atoms with van der Waals surface area (Å²) in [6.07, 6.45) is -0.288. The van der Waals surface area contributed by atoms with Crippen LogP contribution in [0.2, 0.25) is 0 Å². The molecule has 0 aliphatic rings. The summed E-state index contributed by atoms with van der Waals surface area (Å²) in [5.74, 6) is -0.776. The molecule has 0 aliphatic carbocycles. The maximum atomic E-state index is 13.2. The summed E-state index contributed by atoms with van der Waals surface area (Å²) in [7, 11) is 0. The van der Waals surface area contributed by atoms with Crippen molar-refractivity contribution in [3.8, 4) is 5.75 Å². The molecule has 0 heterocycles. The lowest BCUT2D eigenvalue weighted by Crippen LogP contribution is -2.37. The molecule has 0 radical (unpaired) electrons. The number of aliphatic hydroxyl groups is 1. The van der Waals surface area contributed by atoms with E-state index in [4.69, 9.17) is 9.84 Å². The molecular formula is C12H16FNO3. The SMILES string of the molecule is CC(Oc1ccccc1F)C(=O)NCCCO. The molecule has 0 saturated heterocycles. The van der Waals surface area contributed by atoms with Crippen LogP contribution >= 0.6 is 0 Å². The van der Waals surface area contributed by atoms with E-state index in [1.54, 1.807) is 19.1 Å². The Hall–Kier alpha value is -1.62. The predicted octanol–water partition coefficient (Wildman–Crippen LogP) is 1.09. The fourth-order valence-electron chi connectivity index (χ4n) is 1.22. The zero-order chi connectivity index (χ0) is 12.7. The third-order valence-corrected chi connectivity index (χ3v) is 2.14. The molecule has 5 heteroatoms. The van der Waals surface area contributed by atoms with Gasteiger partial charge < -0.3 is 15.2 Å². The fourth-order valence-corrected chi connectivity index (χ4v) is 1.22. The monoisotopic (exact) mass is 241 g/mol. The highest BCUT2D eigenvalue weighted by atomic mass is 19.1. The number of carbonyl (C=O) groups excluding carboxylic acids is 1. The van der Waals surface area contributed by atoms with Gasteiger partial charge in [-0.3, -0.25) is 4.79 Å². The highest BCUT2D eigenvalue weighted by Crippen LogP contribution is 2.16. The average Bonchev–Trinajstić information content (AvgIpc) is 2.32. The van der Waals surface area contributed by atoms with Crippen LogP contribution < -0.4 is 10.1 Å². The number of ether oxygens (including phenoxy) is 1. The lowest BCUT2D eigenvalue weighted by molar-refractivity contribution is -0.127. The van der Waals surface area contributed by atoms with Crippen LogP contribution in [0.25, 0.3) is 0 Å². The molecule has 1 aromatic carbocycles. The second-order valence-corrected chi connectivity index (χ2v) is 3.56. The number of rotatable bonds is 6. The van der Waals surface area contributed by atoms with Gasteiger partial charge in [-0.05, 0) is 25.5 Å². The van der Waals surface area contributed by atoms with E-state index in [0.29, 0.717) is 13.0 Å². The Labute approximate surface area is 99.4 Å². The van der Waals surface area contributed by atoms with Gasteiger partial charge in [0.1, 0.15) is 0 Å². The summed E-state index contributed by atoms with van der Waals surface area (Å²) < 4.78 is 18.4. The summed E-state index contributed by atoms with van der Waals surface area (Å²) in [5, 5.41) is 11.1. The number of hydrogen-bond donors (Lipinski definition) is 2. The first-order valence-electron chi connectivity index (χ1n) is 5.45. The van der Waals surface area contributed by atoms with Crippen LogP contribution in [-0.2, 0) is 4.79 Å². The third kappa shape index (κ3) is 4.40. The van der Waals surface area contributed by atoms with Crippen LogP contribution in [0.15, 0.2) is 24.3 Å². The lowest BCUT2D eigenvalue weighted by Gasteiger charge is -2.14. The number of halogens is 1.